The van der Waals surface area contributed by atoms with Crippen molar-refractivity contribution in [1.82, 2.24) is 15.6 Å². The number of carbonyl (C=O) groups excluding carboxylic acids is 2. The summed E-state index contributed by atoms with van der Waals surface area (Å²) < 4.78 is 0. The fourth-order valence-corrected chi connectivity index (χ4v) is 3.40. The van der Waals surface area contributed by atoms with Gasteiger partial charge in [0, 0.05) is 24.9 Å². The van der Waals surface area contributed by atoms with Gasteiger partial charge in [0.25, 0.3) is 0 Å². The Morgan fingerprint density at radius 1 is 1.17 bits per heavy atom. The first-order valence-electron chi connectivity index (χ1n) is 10.1. The zero-order valence-electron chi connectivity index (χ0n) is 17.2. The van der Waals surface area contributed by atoms with Crippen molar-refractivity contribution < 1.29 is 14.7 Å². The molecule has 0 spiro atoms. The van der Waals surface area contributed by atoms with Gasteiger partial charge in [-0.25, -0.2) is 0 Å². The predicted molar refractivity (Wildman–Crippen MR) is 114 cm³/mol. The number of aliphatic hydroxyl groups excluding tert-OH is 1. The van der Waals surface area contributed by atoms with Crippen molar-refractivity contribution >= 4 is 12.3 Å². The Hall–Kier alpha value is -2.73. The molecule has 0 saturated heterocycles. The standard InChI is InChI=1S/C23H31N3O3/c1-17(2)13-20(5-3-12-25-16-28)23(29)26-22(15-27)19-9-7-18(8-10-19)21-6-4-11-24-14-21/h4,6-11,14,16-17,20,22,27H,3,5,12-13,15H2,1-2H3,(H,25,28)(H,26,29). The molecule has 0 aliphatic rings. The maximum Gasteiger partial charge on any atom is 0.223 e. The van der Waals surface area contributed by atoms with Crippen LogP contribution in [0.5, 0.6) is 0 Å². The van der Waals surface area contributed by atoms with Crippen molar-refractivity contribution in [2.24, 2.45) is 11.8 Å². The summed E-state index contributed by atoms with van der Waals surface area (Å²) in [6, 6.07) is 11.2. The Morgan fingerprint density at radius 2 is 1.93 bits per heavy atom. The van der Waals surface area contributed by atoms with Crippen LogP contribution in [0.4, 0.5) is 0 Å². The number of hydrogen-bond acceptors (Lipinski definition) is 4. The lowest BCUT2D eigenvalue weighted by molar-refractivity contribution is -0.126. The average molecular weight is 398 g/mol. The minimum atomic E-state index is -0.451. The summed E-state index contributed by atoms with van der Waals surface area (Å²) in [5.74, 6) is 0.184. The summed E-state index contributed by atoms with van der Waals surface area (Å²) >= 11 is 0. The van der Waals surface area contributed by atoms with E-state index >= 15 is 0 Å². The minimum absolute atomic E-state index is 0.0554. The monoisotopic (exact) mass is 397 g/mol. The molecule has 0 radical (unpaired) electrons. The van der Waals surface area contributed by atoms with Gasteiger partial charge in [-0.05, 0) is 47.9 Å². The topological polar surface area (TPSA) is 91.3 Å². The van der Waals surface area contributed by atoms with Gasteiger partial charge in [-0.3, -0.25) is 14.6 Å². The van der Waals surface area contributed by atoms with E-state index in [-0.39, 0.29) is 18.4 Å². The van der Waals surface area contributed by atoms with Crippen LogP contribution in [0.25, 0.3) is 11.1 Å². The second-order valence-electron chi connectivity index (χ2n) is 7.65. The summed E-state index contributed by atoms with van der Waals surface area (Å²) in [5, 5.41) is 15.5. The second-order valence-corrected chi connectivity index (χ2v) is 7.65. The van der Waals surface area contributed by atoms with Crippen LogP contribution in [0, 0.1) is 11.8 Å². The van der Waals surface area contributed by atoms with Gasteiger partial charge >= 0.3 is 0 Å². The molecule has 6 heteroatoms. The van der Waals surface area contributed by atoms with Crippen molar-refractivity contribution in [1.29, 1.82) is 0 Å². The first kappa shape index (κ1) is 22.6. The van der Waals surface area contributed by atoms with Gasteiger partial charge in [0.1, 0.15) is 0 Å². The van der Waals surface area contributed by atoms with Gasteiger partial charge in [0.2, 0.25) is 12.3 Å². The quantitative estimate of drug-likeness (QED) is 0.379. The lowest BCUT2D eigenvalue weighted by Crippen LogP contribution is -2.36. The van der Waals surface area contributed by atoms with E-state index < -0.39 is 6.04 Å². The third kappa shape index (κ3) is 7.31. The van der Waals surface area contributed by atoms with E-state index in [1.54, 1.807) is 12.4 Å². The summed E-state index contributed by atoms with van der Waals surface area (Å²) in [6.45, 7) is 4.57. The molecule has 0 aliphatic heterocycles. The molecule has 6 nitrogen and oxygen atoms in total. The number of rotatable bonds is 12. The zero-order chi connectivity index (χ0) is 21.1. The second kappa shape index (κ2) is 12.0. The fraction of sp³-hybridized carbons (Fsp3) is 0.435. The molecule has 2 atom stereocenters. The molecule has 0 aliphatic carbocycles. The van der Waals surface area contributed by atoms with Crippen LogP contribution < -0.4 is 10.6 Å². The van der Waals surface area contributed by atoms with Crippen molar-refractivity contribution in [3.8, 4) is 11.1 Å². The molecule has 0 bridgehead atoms. The number of hydrogen-bond donors (Lipinski definition) is 3. The highest BCUT2D eigenvalue weighted by Gasteiger charge is 2.22. The number of nitrogens with zero attached hydrogens (tertiary/aromatic N) is 1. The van der Waals surface area contributed by atoms with Crippen LogP contribution in [0.1, 0.15) is 44.7 Å². The van der Waals surface area contributed by atoms with Crippen LogP contribution in [0.15, 0.2) is 48.8 Å². The van der Waals surface area contributed by atoms with E-state index in [0.29, 0.717) is 25.3 Å². The summed E-state index contributed by atoms with van der Waals surface area (Å²) in [7, 11) is 0. The van der Waals surface area contributed by atoms with Crippen molar-refractivity contribution in [2.75, 3.05) is 13.2 Å². The fourth-order valence-electron chi connectivity index (χ4n) is 3.40. The molecule has 0 saturated carbocycles. The zero-order valence-corrected chi connectivity index (χ0v) is 17.2. The highest BCUT2D eigenvalue weighted by atomic mass is 16.3. The molecule has 156 valence electrons. The highest BCUT2D eigenvalue weighted by molar-refractivity contribution is 5.79. The Balaban J connectivity index is 2.03. The largest absolute Gasteiger partial charge is 0.394 e. The van der Waals surface area contributed by atoms with Crippen LogP contribution in [0.2, 0.25) is 0 Å². The molecular weight excluding hydrogens is 366 g/mol. The summed E-state index contributed by atoms with van der Waals surface area (Å²) in [6.07, 6.45) is 6.42. The molecule has 1 aromatic heterocycles. The molecule has 2 rings (SSSR count). The van der Waals surface area contributed by atoms with Gasteiger partial charge in [0.05, 0.1) is 12.6 Å². The third-order valence-electron chi connectivity index (χ3n) is 4.89. The van der Waals surface area contributed by atoms with E-state index in [1.165, 1.54) is 0 Å². The lowest BCUT2D eigenvalue weighted by Gasteiger charge is -2.23. The molecule has 2 aromatic rings. The maximum atomic E-state index is 12.9. The van der Waals surface area contributed by atoms with E-state index in [1.807, 2.05) is 36.4 Å². The SMILES string of the molecule is CC(C)CC(CCCNC=O)C(=O)NC(CO)c1ccc(-c2cccnc2)cc1. The smallest absolute Gasteiger partial charge is 0.223 e. The summed E-state index contributed by atoms with van der Waals surface area (Å²) in [5.41, 5.74) is 2.91. The molecule has 1 aromatic carbocycles. The number of pyridine rings is 1. The molecule has 29 heavy (non-hydrogen) atoms. The van der Waals surface area contributed by atoms with E-state index in [9.17, 15) is 14.7 Å². The van der Waals surface area contributed by atoms with Gasteiger partial charge in [-0.15, -0.1) is 0 Å². The average Bonchev–Trinajstić information content (AvgIpc) is 2.74. The van der Waals surface area contributed by atoms with Crippen LogP contribution >= 0.6 is 0 Å². The van der Waals surface area contributed by atoms with E-state index in [4.69, 9.17) is 0 Å². The lowest BCUT2D eigenvalue weighted by atomic mass is 9.91. The minimum Gasteiger partial charge on any atom is -0.394 e. The predicted octanol–water partition coefficient (Wildman–Crippen LogP) is 3.09. The van der Waals surface area contributed by atoms with Gasteiger partial charge in [-0.1, -0.05) is 44.2 Å². The Morgan fingerprint density at radius 3 is 2.52 bits per heavy atom. The van der Waals surface area contributed by atoms with Crippen molar-refractivity contribution in [2.45, 2.75) is 39.2 Å². The highest BCUT2D eigenvalue weighted by Crippen LogP contribution is 2.23. The first-order valence-corrected chi connectivity index (χ1v) is 10.1. The van der Waals surface area contributed by atoms with E-state index in [2.05, 4.69) is 29.5 Å². The van der Waals surface area contributed by atoms with Crippen LogP contribution in [0.3, 0.4) is 0 Å². The Bertz CT molecular complexity index is 748. The van der Waals surface area contributed by atoms with Crippen molar-refractivity contribution in [3.05, 3.63) is 54.4 Å². The summed E-state index contributed by atoms with van der Waals surface area (Å²) in [4.78, 5) is 27.4. The number of nitrogens with one attached hydrogen (secondary N) is 2. The normalized spacial score (nSPS) is 13.0. The van der Waals surface area contributed by atoms with Gasteiger partial charge < -0.3 is 15.7 Å². The third-order valence-corrected chi connectivity index (χ3v) is 4.89. The van der Waals surface area contributed by atoms with Gasteiger partial charge in [-0.2, -0.15) is 0 Å². The molecule has 3 N–H and O–H groups in total. The first-order chi connectivity index (χ1) is 14.0. The molecule has 0 fully saturated rings. The van der Waals surface area contributed by atoms with Gasteiger partial charge in [0.15, 0.2) is 0 Å². The number of aliphatic hydroxyl groups is 1. The maximum absolute atomic E-state index is 12.9. The number of carbonyl (C=O) groups is 2. The molecular formula is C23H31N3O3. The number of amides is 2. The Kier molecular flexibility index (Phi) is 9.31. The molecule has 2 unspecified atom stereocenters. The van der Waals surface area contributed by atoms with E-state index in [0.717, 1.165) is 29.5 Å². The van der Waals surface area contributed by atoms with Crippen LogP contribution in [-0.4, -0.2) is 35.6 Å². The Labute approximate surface area is 172 Å². The van der Waals surface area contributed by atoms with Crippen LogP contribution in [-0.2, 0) is 9.59 Å². The number of benzene rings is 1. The number of aromatic nitrogens is 1. The van der Waals surface area contributed by atoms with Crippen molar-refractivity contribution in [3.63, 3.8) is 0 Å². The molecule has 2 amide bonds. The molecule has 1 heterocycles.